The van der Waals surface area contributed by atoms with Gasteiger partial charge in [-0.15, -0.1) is 12.8 Å². The zero-order chi connectivity index (χ0) is 13.1. The van der Waals surface area contributed by atoms with Crippen LogP contribution in [-0.4, -0.2) is 0 Å². The molecular formula is C18H26Zn. The Morgan fingerprint density at radius 3 is 1.53 bits per heavy atom. The van der Waals surface area contributed by atoms with Crippen LogP contribution in [0.2, 0.25) is 0 Å². The summed E-state index contributed by atoms with van der Waals surface area (Å²) in [7, 11) is 0. The minimum atomic E-state index is 0. The molecule has 2 aliphatic rings. The van der Waals surface area contributed by atoms with E-state index in [1.54, 1.807) is 0 Å². The molecule has 0 atom stereocenters. The van der Waals surface area contributed by atoms with E-state index in [-0.39, 0.29) is 19.5 Å². The standard InChI is InChI=1S/2C9H13.Zn/c2*1-2-3-6-9-7-4-5-8-9;/h2*4,7H,2-3,5-6H2,1H3;/q2*-1;+2. The van der Waals surface area contributed by atoms with Gasteiger partial charge in [0, 0.05) is 0 Å². The van der Waals surface area contributed by atoms with Gasteiger partial charge in [0.15, 0.2) is 0 Å². The average molecular weight is 308 g/mol. The van der Waals surface area contributed by atoms with Crippen molar-refractivity contribution in [2.45, 2.75) is 65.2 Å². The van der Waals surface area contributed by atoms with Gasteiger partial charge in [-0.05, 0) is 0 Å². The van der Waals surface area contributed by atoms with Crippen LogP contribution in [0.15, 0.2) is 35.5 Å². The van der Waals surface area contributed by atoms with Crippen LogP contribution in [-0.2, 0) is 19.5 Å². The van der Waals surface area contributed by atoms with E-state index in [9.17, 15) is 0 Å². The Hall–Kier alpha value is -0.417. The third kappa shape index (κ3) is 9.17. The van der Waals surface area contributed by atoms with Gasteiger partial charge in [-0.3, -0.25) is 12.2 Å². The molecule has 0 aromatic rings. The Balaban J connectivity index is 0.000000324. The monoisotopic (exact) mass is 306 g/mol. The molecule has 0 spiro atoms. The largest absolute Gasteiger partial charge is 2.00 e. The topological polar surface area (TPSA) is 0 Å². The van der Waals surface area contributed by atoms with E-state index >= 15 is 0 Å². The maximum atomic E-state index is 3.30. The summed E-state index contributed by atoms with van der Waals surface area (Å²) < 4.78 is 0. The Bertz CT molecular complexity index is 298. The molecule has 0 amide bonds. The van der Waals surface area contributed by atoms with Gasteiger partial charge in [0.2, 0.25) is 0 Å². The van der Waals surface area contributed by atoms with Crippen molar-refractivity contribution in [1.29, 1.82) is 0 Å². The van der Waals surface area contributed by atoms with Crippen molar-refractivity contribution < 1.29 is 19.5 Å². The molecule has 0 unspecified atom stereocenters. The van der Waals surface area contributed by atoms with Crippen LogP contribution in [0, 0.1) is 12.2 Å². The molecule has 0 nitrogen and oxygen atoms in total. The summed E-state index contributed by atoms with van der Waals surface area (Å²) in [5.74, 6) is 0. The Labute approximate surface area is 132 Å². The summed E-state index contributed by atoms with van der Waals surface area (Å²) >= 11 is 0. The molecule has 0 N–H and O–H groups in total. The fraction of sp³-hybridized carbons (Fsp3) is 0.556. The van der Waals surface area contributed by atoms with Gasteiger partial charge in [-0.2, -0.15) is 12.2 Å². The maximum absolute atomic E-state index is 3.30. The fourth-order valence-corrected chi connectivity index (χ4v) is 1.98. The molecule has 1 heteroatoms. The molecule has 0 radical (unpaired) electrons. The Morgan fingerprint density at radius 2 is 1.26 bits per heavy atom. The molecular weight excluding hydrogens is 282 g/mol. The van der Waals surface area contributed by atoms with Crippen molar-refractivity contribution in [2.75, 3.05) is 0 Å². The SMILES string of the molecule is CCCCC1=[C-]CC=C1.CCCCC1=[C-]CC=C1.[Zn+2]. The molecule has 0 saturated carbocycles. The molecule has 0 bridgehead atoms. The van der Waals surface area contributed by atoms with Gasteiger partial charge in [0.25, 0.3) is 0 Å². The number of hydrogen-bond donors (Lipinski definition) is 0. The van der Waals surface area contributed by atoms with Crippen LogP contribution in [0.4, 0.5) is 0 Å². The summed E-state index contributed by atoms with van der Waals surface area (Å²) in [6, 6.07) is 0. The van der Waals surface area contributed by atoms with Crippen LogP contribution in [0.3, 0.4) is 0 Å². The van der Waals surface area contributed by atoms with Gasteiger partial charge in [0.05, 0.1) is 0 Å². The van der Waals surface area contributed by atoms with Crippen molar-refractivity contribution in [1.82, 2.24) is 0 Å². The van der Waals surface area contributed by atoms with E-state index in [1.165, 1.54) is 49.7 Å². The average Bonchev–Trinajstić information content (AvgIpc) is 3.07. The second-order valence-corrected chi connectivity index (χ2v) is 4.82. The minimum Gasteiger partial charge on any atom is -0.269 e. The van der Waals surface area contributed by atoms with Crippen molar-refractivity contribution in [2.24, 2.45) is 0 Å². The predicted molar refractivity (Wildman–Crippen MR) is 80.1 cm³/mol. The smallest absolute Gasteiger partial charge is 0.269 e. The maximum Gasteiger partial charge on any atom is 2.00 e. The van der Waals surface area contributed by atoms with Crippen molar-refractivity contribution in [3.8, 4) is 0 Å². The summed E-state index contributed by atoms with van der Waals surface area (Å²) in [6.45, 7) is 4.44. The molecule has 0 aromatic carbocycles. The van der Waals surface area contributed by atoms with E-state index in [1.807, 2.05) is 0 Å². The molecule has 0 fully saturated rings. The quantitative estimate of drug-likeness (QED) is 0.434. The first-order valence-electron chi connectivity index (χ1n) is 7.39. The summed E-state index contributed by atoms with van der Waals surface area (Å²) in [5.41, 5.74) is 2.83. The van der Waals surface area contributed by atoms with E-state index in [0.29, 0.717) is 0 Å². The molecule has 0 aromatic heterocycles. The number of hydrogen-bond acceptors (Lipinski definition) is 0. The Morgan fingerprint density at radius 1 is 0.842 bits per heavy atom. The van der Waals surface area contributed by atoms with Crippen molar-refractivity contribution in [3.63, 3.8) is 0 Å². The summed E-state index contributed by atoms with van der Waals surface area (Å²) in [4.78, 5) is 0. The first-order valence-corrected chi connectivity index (χ1v) is 7.39. The third-order valence-corrected chi connectivity index (χ3v) is 3.13. The zero-order valence-corrected chi connectivity index (χ0v) is 15.6. The van der Waals surface area contributed by atoms with Gasteiger partial charge in [0.1, 0.15) is 0 Å². The number of unbranched alkanes of at least 4 members (excludes halogenated alkanes) is 2. The summed E-state index contributed by atoms with van der Waals surface area (Å²) in [5, 5.41) is 0. The third-order valence-electron chi connectivity index (χ3n) is 3.13. The normalized spacial score (nSPS) is 15.5. The van der Waals surface area contributed by atoms with Crippen LogP contribution in [0.1, 0.15) is 65.2 Å². The molecule has 0 aliphatic heterocycles. The van der Waals surface area contributed by atoms with Crippen molar-refractivity contribution in [3.05, 3.63) is 47.6 Å². The molecule has 2 rings (SSSR count). The molecule has 100 valence electrons. The first kappa shape index (κ1) is 18.6. The van der Waals surface area contributed by atoms with Crippen LogP contribution >= 0.6 is 0 Å². The van der Waals surface area contributed by atoms with E-state index < -0.39 is 0 Å². The predicted octanol–water partition coefficient (Wildman–Crippen LogP) is 5.73. The molecule has 2 aliphatic carbocycles. The van der Waals surface area contributed by atoms with Gasteiger partial charge >= 0.3 is 19.5 Å². The van der Waals surface area contributed by atoms with Gasteiger partial charge in [-0.25, -0.2) is 23.3 Å². The first-order chi connectivity index (χ1) is 8.86. The van der Waals surface area contributed by atoms with Crippen LogP contribution < -0.4 is 0 Å². The zero-order valence-electron chi connectivity index (χ0n) is 12.7. The molecule has 0 heterocycles. The van der Waals surface area contributed by atoms with Crippen LogP contribution in [0.25, 0.3) is 0 Å². The van der Waals surface area contributed by atoms with Gasteiger partial charge in [-0.1, -0.05) is 52.4 Å². The number of allylic oxidation sites excluding steroid dienone is 8. The van der Waals surface area contributed by atoms with Gasteiger partial charge < -0.3 is 0 Å². The Kier molecular flexibility index (Phi) is 12.3. The number of rotatable bonds is 6. The molecule has 19 heavy (non-hydrogen) atoms. The van der Waals surface area contributed by atoms with E-state index in [2.05, 4.69) is 50.3 Å². The van der Waals surface area contributed by atoms with E-state index in [4.69, 9.17) is 0 Å². The fourth-order valence-electron chi connectivity index (χ4n) is 1.98. The minimum absolute atomic E-state index is 0. The summed E-state index contributed by atoms with van der Waals surface area (Å²) in [6.07, 6.45) is 25.1. The van der Waals surface area contributed by atoms with E-state index in [0.717, 1.165) is 12.8 Å². The van der Waals surface area contributed by atoms with Crippen LogP contribution in [0.5, 0.6) is 0 Å². The second-order valence-electron chi connectivity index (χ2n) is 4.82. The van der Waals surface area contributed by atoms with Crippen molar-refractivity contribution >= 4 is 0 Å². The second kappa shape index (κ2) is 12.6. The molecule has 0 saturated heterocycles.